The molecule has 0 saturated carbocycles. The molecule has 0 spiro atoms. The van der Waals surface area contributed by atoms with Gasteiger partial charge in [-0.2, -0.15) is 0 Å². The summed E-state index contributed by atoms with van der Waals surface area (Å²) in [5.41, 5.74) is 7.04. The Morgan fingerprint density at radius 3 is 2.93 bits per heavy atom. The largest absolute Gasteiger partial charge is 0.397 e. The number of anilines is 2. The van der Waals surface area contributed by atoms with E-state index in [1.165, 1.54) is 0 Å². The number of nitrogens with zero attached hydrogens (tertiary/aromatic N) is 2. The van der Waals surface area contributed by atoms with Crippen LogP contribution in [0.25, 0.3) is 0 Å². The molecule has 0 aromatic carbocycles. The van der Waals surface area contributed by atoms with Crippen LogP contribution >= 0.6 is 0 Å². The second kappa shape index (κ2) is 4.00. The van der Waals surface area contributed by atoms with Gasteiger partial charge in [0.2, 0.25) is 0 Å². The third-order valence-corrected chi connectivity index (χ3v) is 1.91. The Balaban J connectivity index is 1.96. The molecule has 2 aromatic heterocycles. The number of pyridine rings is 1. The van der Waals surface area contributed by atoms with Crippen molar-refractivity contribution in [2.75, 3.05) is 11.1 Å². The van der Waals surface area contributed by atoms with Crippen molar-refractivity contribution in [2.24, 2.45) is 0 Å². The van der Waals surface area contributed by atoms with Crippen LogP contribution in [0.5, 0.6) is 0 Å². The van der Waals surface area contributed by atoms with Crippen LogP contribution < -0.4 is 11.1 Å². The van der Waals surface area contributed by atoms with E-state index in [-0.39, 0.29) is 0 Å². The summed E-state index contributed by atoms with van der Waals surface area (Å²) in [4.78, 5) is 4.10. The number of nitrogen functional groups attached to an aromatic ring is 1. The fourth-order valence-electron chi connectivity index (χ4n) is 1.19. The molecule has 0 atom stereocenters. The SMILES string of the molecule is Cc1cc(CNc2ccc(N)cn2)on1. The Labute approximate surface area is 87.3 Å². The fraction of sp³-hybridized carbons (Fsp3) is 0.200. The average Bonchev–Trinajstić information content (AvgIpc) is 2.64. The molecule has 2 rings (SSSR count). The van der Waals surface area contributed by atoms with E-state index >= 15 is 0 Å². The van der Waals surface area contributed by atoms with Crippen LogP contribution in [0, 0.1) is 6.92 Å². The third-order valence-electron chi connectivity index (χ3n) is 1.91. The lowest BCUT2D eigenvalue weighted by atomic mass is 10.3. The second-order valence-corrected chi connectivity index (χ2v) is 3.26. The topological polar surface area (TPSA) is 77.0 Å². The Morgan fingerprint density at radius 1 is 1.47 bits per heavy atom. The summed E-state index contributed by atoms with van der Waals surface area (Å²) in [6.45, 7) is 2.45. The van der Waals surface area contributed by atoms with E-state index < -0.39 is 0 Å². The van der Waals surface area contributed by atoms with Gasteiger partial charge in [-0.3, -0.25) is 0 Å². The molecule has 2 heterocycles. The lowest BCUT2D eigenvalue weighted by molar-refractivity contribution is 0.384. The molecule has 2 aromatic rings. The molecule has 0 radical (unpaired) electrons. The van der Waals surface area contributed by atoms with E-state index in [0.717, 1.165) is 17.3 Å². The predicted octanol–water partition coefficient (Wildman–Crippen LogP) is 1.57. The molecule has 0 fully saturated rings. The van der Waals surface area contributed by atoms with Crippen molar-refractivity contribution in [1.82, 2.24) is 10.1 Å². The van der Waals surface area contributed by atoms with Crippen LogP contribution in [0.2, 0.25) is 0 Å². The molecule has 5 nitrogen and oxygen atoms in total. The van der Waals surface area contributed by atoms with E-state index in [4.69, 9.17) is 10.3 Å². The number of aryl methyl sites for hydroxylation is 1. The number of hydrogen-bond donors (Lipinski definition) is 2. The van der Waals surface area contributed by atoms with Crippen LogP contribution in [0.3, 0.4) is 0 Å². The highest BCUT2D eigenvalue weighted by atomic mass is 16.5. The van der Waals surface area contributed by atoms with Crippen LogP contribution in [0.15, 0.2) is 28.9 Å². The van der Waals surface area contributed by atoms with Crippen molar-refractivity contribution in [2.45, 2.75) is 13.5 Å². The molecule has 0 aliphatic heterocycles. The highest BCUT2D eigenvalue weighted by Gasteiger charge is 2.00. The molecule has 0 amide bonds. The van der Waals surface area contributed by atoms with Crippen LogP contribution in [-0.2, 0) is 6.54 Å². The lowest BCUT2D eigenvalue weighted by Gasteiger charge is -2.02. The molecule has 78 valence electrons. The van der Waals surface area contributed by atoms with Crippen molar-refractivity contribution in [3.63, 3.8) is 0 Å². The Hall–Kier alpha value is -2.04. The highest BCUT2D eigenvalue weighted by Crippen LogP contribution is 2.08. The minimum Gasteiger partial charge on any atom is -0.397 e. The summed E-state index contributed by atoms with van der Waals surface area (Å²) in [6, 6.07) is 5.49. The number of rotatable bonds is 3. The van der Waals surface area contributed by atoms with Gasteiger partial charge in [0.15, 0.2) is 5.76 Å². The Kier molecular flexibility index (Phi) is 2.53. The number of nitrogens with two attached hydrogens (primary N) is 1. The average molecular weight is 204 g/mol. The predicted molar refractivity (Wildman–Crippen MR) is 57.2 cm³/mol. The summed E-state index contributed by atoms with van der Waals surface area (Å²) >= 11 is 0. The normalized spacial score (nSPS) is 10.2. The molecular weight excluding hydrogens is 192 g/mol. The van der Waals surface area contributed by atoms with E-state index in [9.17, 15) is 0 Å². The molecule has 15 heavy (non-hydrogen) atoms. The van der Waals surface area contributed by atoms with Gasteiger partial charge in [0.1, 0.15) is 5.82 Å². The first-order chi connectivity index (χ1) is 7.24. The van der Waals surface area contributed by atoms with E-state index in [1.807, 2.05) is 19.1 Å². The maximum Gasteiger partial charge on any atom is 0.156 e. The maximum absolute atomic E-state index is 5.52. The molecule has 0 bridgehead atoms. The maximum atomic E-state index is 5.52. The molecule has 5 heteroatoms. The summed E-state index contributed by atoms with van der Waals surface area (Å²) in [5.74, 6) is 1.55. The summed E-state index contributed by atoms with van der Waals surface area (Å²) in [7, 11) is 0. The summed E-state index contributed by atoms with van der Waals surface area (Å²) < 4.78 is 5.04. The van der Waals surface area contributed by atoms with Gasteiger partial charge >= 0.3 is 0 Å². The van der Waals surface area contributed by atoms with Crippen molar-refractivity contribution < 1.29 is 4.52 Å². The van der Waals surface area contributed by atoms with Gasteiger partial charge in [0.25, 0.3) is 0 Å². The smallest absolute Gasteiger partial charge is 0.156 e. The first kappa shape index (κ1) is 9.51. The Morgan fingerprint density at radius 2 is 2.33 bits per heavy atom. The first-order valence-electron chi connectivity index (χ1n) is 4.61. The van der Waals surface area contributed by atoms with Crippen LogP contribution in [0.4, 0.5) is 11.5 Å². The number of aromatic nitrogens is 2. The van der Waals surface area contributed by atoms with E-state index in [2.05, 4.69) is 15.5 Å². The van der Waals surface area contributed by atoms with Gasteiger partial charge in [0.05, 0.1) is 24.1 Å². The zero-order valence-electron chi connectivity index (χ0n) is 8.40. The standard InChI is InChI=1S/C10H12N4O/c1-7-4-9(15-14-7)6-13-10-3-2-8(11)5-12-10/h2-5H,6,11H2,1H3,(H,12,13). The van der Waals surface area contributed by atoms with Crippen LogP contribution in [-0.4, -0.2) is 10.1 Å². The van der Waals surface area contributed by atoms with Crippen molar-refractivity contribution >= 4 is 11.5 Å². The molecule has 0 unspecified atom stereocenters. The van der Waals surface area contributed by atoms with Gasteiger partial charge < -0.3 is 15.6 Å². The lowest BCUT2D eigenvalue weighted by Crippen LogP contribution is -2.00. The summed E-state index contributed by atoms with van der Waals surface area (Å²) in [5, 5.41) is 6.89. The van der Waals surface area contributed by atoms with Crippen molar-refractivity contribution in [3.05, 3.63) is 35.9 Å². The fourth-order valence-corrected chi connectivity index (χ4v) is 1.19. The van der Waals surface area contributed by atoms with Gasteiger partial charge in [-0.25, -0.2) is 4.98 Å². The zero-order chi connectivity index (χ0) is 10.7. The molecule has 0 aliphatic carbocycles. The van der Waals surface area contributed by atoms with Crippen molar-refractivity contribution in [1.29, 1.82) is 0 Å². The highest BCUT2D eigenvalue weighted by molar-refractivity contribution is 5.43. The van der Waals surface area contributed by atoms with Crippen molar-refractivity contribution in [3.8, 4) is 0 Å². The molecule has 3 N–H and O–H groups in total. The first-order valence-corrected chi connectivity index (χ1v) is 4.61. The molecular formula is C10H12N4O. The van der Waals surface area contributed by atoms with E-state index in [0.29, 0.717) is 12.2 Å². The molecule has 0 aliphatic rings. The third kappa shape index (κ3) is 2.46. The van der Waals surface area contributed by atoms with Gasteiger partial charge in [0, 0.05) is 6.07 Å². The van der Waals surface area contributed by atoms with E-state index in [1.54, 1.807) is 12.3 Å². The zero-order valence-corrected chi connectivity index (χ0v) is 8.40. The molecule has 0 saturated heterocycles. The monoisotopic (exact) mass is 204 g/mol. The van der Waals surface area contributed by atoms with Gasteiger partial charge in [-0.1, -0.05) is 5.16 Å². The number of nitrogens with one attached hydrogen (secondary N) is 1. The quantitative estimate of drug-likeness (QED) is 0.793. The second-order valence-electron chi connectivity index (χ2n) is 3.26. The van der Waals surface area contributed by atoms with Gasteiger partial charge in [-0.15, -0.1) is 0 Å². The van der Waals surface area contributed by atoms with Crippen LogP contribution in [0.1, 0.15) is 11.5 Å². The minimum atomic E-state index is 0.567. The number of hydrogen-bond acceptors (Lipinski definition) is 5. The van der Waals surface area contributed by atoms with Gasteiger partial charge in [-0.05, 0) is 19.1 Å². The Bertz CT molecular complexity index is 435. The minimum absolute atomic E-state index is 0.567. The summed E-state index contributed by atoms with van der Waals surface area (Å²) in [6.07, 6.45) is 1.61.